The molecule has 0 N–H and O–H groups in total. The zero-order chi connectivity index (χ0) is 25.7. The molecule has 1 spiro atoms. The summed E-state index contributed by atoms with van der Waals surface area (Å²) in [4.78, 5) is 15.0. The Kier molecular flexibility index (Phi) is 6.12. The molecule has 0 bridgehead atoms. The third kappa shape index (κ3) is 4.39. The summed E-state index contributed by atoms with van der Waals surface area (Å²) in [5, 5.41) is 0.799. The number of sulfonamides is 1. The predicted octanol–water partition coefficient (Wildman–Crippen LogP) is 3.16. The third-order valence-corrected chi connectivity index (χ3v) is 10.3. The van der Waals surface area contributed by atoms with Gasteiger partial charge in [0.1, 0.15) is 0 Å². The molecule has 0 aliphatic carbocycles. The Hall–Kier alpha value is -2.89. The number of furan rings is 1. The molecule has 2 aliphatic heterocycles. The SMILES string of the molecule is COc1cccc2cc(C(=O)N3CCC4(CC3)CCN(S(=O)(=O)c3ccc(S(C)(=O)=O)cc3)C4)oc12. The van der Waals surface area contributed by atoms with Gasteiger partial charge < -0.3 is 14.1 Å². The lowest BCUT2D eigenvalue weighted by Crippen LogP contribution is -2.44. The summed E-state index contributed by atoms with van der Waals surface area (Å²) < 4.78 is 62.4. The highest BCUT2D eigenvalue weighted by Gasteiger charge is 2.45. The molecule has 36 heavy (non-hydrogen) atoms. The van der Waals surface area contributed by atoms with Crippen molar-refractivity contribution in [3.05, 3.63) is 54.3 Å². The molecule has 2 fully saturated rings. The Balaban J connectivity index is 1.26. The first kappa shape index (κ1) is 24.8. The number of para-hydroxylation sites is 1. The lowest BCUT2D eigenvalue weighted by atomic mass is 9.78. The number of rotatable bonds is 5. The molecule has 0 radical (unpaired) electrons. The number of nitrogens with zero attached hydrogens (tertiary/aromatic N) is 2. The molecule has 0 atom stereocenters. The van der Waals surface area contributed by atoms with E-state index in [1.165, 1.54) is 28.6 Å². The van der Waals surface area contributed by atoms with Crippen LogP contribution in [0.3, 0.4) is 0 Å². The quantitative estimate of drug-likeness (QED) is 0.496. The van der Waals surface area contributed by atoms with Crippen LogP contribution < -0.4 is 4.74 Å². The summed E-state index contributed by atoms with van der Waals surface area (Å²) in [5.74, 6) is 0.650. The van der Waals surface area contributed by atoms with Crippen LogP contribution in [0, 0.1) is 5.41 Å². The summed E-state index contributed by atoms with van der Waals surface area (Å²) in [6.45, 7) is 1.81. The molecule has 2 saturated heterocycles. The Morgan fingerprint density at radius 2 is 1.58 bits per heavy atom. The molecule has 1 aromatic heterocycles. The molecule has 2 aromatic carbocycles. The number of benzene rings is 2. The maximum absolute atomic E-state index is 13.2. The van der Waals surface area contributed by atoms with Crippen LogP contribution in [0.1, 0.15) is 29.8 Å². The minimum Gasteiger partial charge on any atom is -0.493 e. The standard InChI is InChI=1S/C25H28N2O7S2/c1-33-21-5-3-4-18-16-22(34-23(18)21)24(28)26-13-10-25(11-14-26)12-15-27(17-25)36(31,32)20-8-6-19(7-9-20)35(2,29)30/h3-9,16H,10-15,17H2,1-2H3. The average Bonchev–Trinajstić information content (AvgIpc) is 3.49. The van der Waals surface area contributed by atoms with Crippen LogP contribution in [0.25, 0.3) is 11.0 Å². The Morgan fingerprint density at radius 3 is 2.22 bits per heavy atom. The lowest BCUT2D eigenvalue weighted by molar-refractivity contribution is 0.0571. The van der Waals surface area contributed by atoms with Crippen LogP contribution in [0.15, 0.2) is 62.7 Å². The number of likely N-dealkylation sites (tertiary alicyclic amines) is 1. The van der Waals surface area contributed by atoms with Gasteiger partial charge in [0.25, 0.3) is 5.91 Å². The highest BCUT2D eigenvalue weighted by Crippen LogP contribution is 2.42. The van der Waals surface area contributed by atoms with Gasteiger partial charge in [0.15, 0.2) is 26.9 Å². The molecule has 9 nitrogen and oxygen atoms in total. The number of hydrogen-bond donors (Lipinski definition) is 0. The number of carbonyl (C=O) groups excluding carboxylic acids is 1. The van der Waals surface area contributed by atoms with Crippen molar-refractivity contribution in [3.63, 3.8) is 0 Å². The summed E-state index contributed by atoms with van der Waals surface area (Å²) in [6, 6.07) is 12.6. The maximum atomic E-state index is 13.2. The van der Waals surface area contributed by atoms with E-state index in [9.17, 15) is 21.6 Å². The van der Waals surface area contributed by atoms with Gasteiger partial charge in [-0.25, -0.2) is 16.8 Å². The van der Waals surface area contributed by atoms with E-state index in [0.29, 0.717) is 50.4 Å². The Morgan fingerprint density at radius 1 is 0.944 bits per heavy atom. The van der Waals surface area contributed by atoms with Crippen molar-refractivity contribution in [1.82, 2.24) is 9.21 Å². The lowest BCUT2D eigenvalue weighted by Gasteiger charge is -2.39. The second-order valence-electron chi connectivity index (χ2n) is 9.61. The summed E-state index contributed by atoms with van der Waals surface area (Å²) >= 11 is 0. The van der Waals surface area contributed by atoms with E-state index < -0.39 is 19.9 Å². The highest BCUT2D eigenvalue weighted by atomic mass is 32.2. The molecule has 2 aliphatic rings. The molecule has 192 valence electrons. The number of fused-ring (bicyclic) bond motifs is 1. The van der Waals surface area contributed by atoms with Crippen molar-refractivity contribution >= 4 is 36.7 Å². The van der Waals surface area contributed by atoms with Crippen LogP contribution in [-0.2, 0) is 19.9 Å². The molecule has 11 heteroatoms. The first-order chi connectivity index (χ1) is 17.0. The van der Waals surface area contributed by atoms with Crippen LogP contribution in [0.2, 0.25) is 0 Å². The summed E-state index contributed by atoms with van der Waals surface area (Å²) in [5.41, 5.74) is 0.353. The van der Waals surface area contributed by atoms with Crippen molar-refractivity contribution < 1.29 is 30.8 Å². The highest BCUT2D eigenvalue weighted by molar-refractivity contribution is 7.90. The molecule has 3 aromatic rings. The first-order valence-corrected chi connectivity index (χ1v) is 15.0. The van der Waals surface area contributed by atoms with Crippen LogP contribution in [-0.4, -0.2) is 71.5 Å². The van der Waals surface area contributed by atoms with Gasteiger partial charge in [-0.15, -0.1) is 0 Å². The van der Waals surface area contributed by atoms with Crippen molar-refractivity contribution in [3.8, 4) is 5.75 Å². The fourth-order valence-corrected chi connectivity index (χ4v) is 7.34. The monoisotopic (exact) mass is 532 g/mol. The molecular formula is C25H28N2O7S2. The minimum atomic E-state index is -3.74. The molecule has 5 rings (SSSR count). The van der Waals surface area contributed by atoms with E-state index in [1.54, 1.807) is 24.1 Å². The van der Waals surface area contributed by atoms with Gasteiger partial charge >= 0.3 is 0 Å². The largest absolute Gasteiger partial charge is 0.493 e. The van der Waals surface area contributed by atoms with Gasteiger partial charge in [-0.3, -0.25) is 4.79 Å². The van der Waals surface area contributed by atoms with Gasteiger partial charge in [0.05, 0.1) is 16.9 Å². The Labute approximate surface area is 210 Å². The number of amides is 1. The smallest absolute Gasteiger partial charge is 0.289 e. The summed E-state index contributed by atoms with van der Waals surface area (Å²) in [7, 11) is -5.59. The van der Waals surface area contributed by atoms with Gasteiger partial charge in [0, 0.05) is 37.8 Å². The van der Waals surface area contributed by atoms with Crippen molar-refractivity contribution in [2.24, 2.45) is 5.41 Å². The molecular weight excluding hydrogens is 504 g/mol. The van der Waals surface area contributed by atoms with E-state index in [1.807, 2.05) is 12.1 Å². The molecule has 1 amide bonds. The molecule has 3 heterocycles. The van der Waals surface area contributed by atoms with Crippen molar-refractivity contribution in [1.29, 1.82) is 0 Å². The van der Waals surface area contributed by atoms with E-state index in [0.717, 1.165) is 18.1 Å². The topological polar surface area (TPSA) is 114 Å². The minimum absolute atomic E-state index is 0.0827. The van der Waals surface area contributed by atoms with Crippen LogP contribution in [0.4, 0.5) is 0 Å². The fraction of sp³-hybridized carbons (Fsp3) is 0.400. The predicted molar refractivity (Wildman–Crippen MR) is 133 cm³/mol. The van der Waals surface area contributed by atoms with Gasteiger partial charge in [0.2, 0.25) is 10.0 Å². The molecule has 0 unspecified atom stereocenters. The first-order valence-electron chi connectivity index (χ1n) is 11.7. The van der Waals surface area contributed by atoms with Crippen molar-refractivity contribution in [2.45, 2.75) is 29.1 Å². The van der Waals surface area contributed by atoms with Gasteiger partial charge in [-0.05, 0) is 61.1 Å². The van der Waals surface area contributed by atoms with E-state index in [4.69, 9.17) is 9.15 Å². The average molecular weight is 533 g/mol. The number of hydrogen-bond acceptors (Lipinski definition) is 7. The number of ether oxygens (including phenoxy) is 1. The Bertz CT molecular complexity index is 1520. The van der Waals surface area contributed by atoms with Gasteiger partial charge in [-0.1, -0.05) is 12.1 Å². The van der Waals surface area contributed by atoms with Crippen LogP contribution >= 0.6 is 0 Å². The van der Waals surface area contributed by atoms with E-state index in [2.05, 4.69) is 0 Å². The fourth-order valence-electron chi connectivity index (χ4n) is 5.16. The van der Waals surface area contributed by atoms with E-state index in [-0.39, 0.29) is 26.9 Å². The van der Waals surface area contributed by atoms with Crippen molar-refractivity contribution in [2.75, 3.05) is 39.5 Å². The molecule has 0 saturated carbocycles. The van der Waals surface area contributed by atoms with Crippen LogP contribution in [0.5, 0.6) is 5.75 Å². The number of sulfone groups is 1. The van der Waals surface area contributed by atoms with E-state index >= 15 is 0 Å². The zero-order valence-electron chi connectivity index (χ0n) is 20.1. The zero-order valence-corrected chi connectivity index (χ0v) is 21.8. The second kappa shape index (κ2) is 8.89. The second-order valence-corrected chi connectivity index (χ2v) is 13.6. The third-order valence-electron chi connectivity index (χ3n) is 7.34. The summed E-state index contributed by atoms with van der Waals surface area (Å²) in [6.07, 6.45) is 3.20. The number of piperidine rings is 1. The maximum Gasteiger partial charge on any atom is 0.289 e. The number of carbonyl (C=O) groups is 1. The normalized spacial score (nSPS) is 18.7. The van der Waals surface area contributed by atoms with Gasteiger partial charge in [-0.2, -0.15) is 4.31 Å². The number of methoxy groups -OCH3 is 1.